The number of nitrogens with zero attached hydrogens (tertiary/aromatic N) is 1. The lowest BCUT2D eigenvalue weighted by atomic mass is 9.58. The minimum atomic E-state index is 0.474. The number of H-pyrrole nitrogens is 1. The van der Waals surface area contributed by atoms with E-state index >= 15 is 0 Å². The van der Waals surface area contributed by atoms with E-state index < -0.39 is 0 Å². The largest absolute Gasteiger partial charge is 0.317 e. The lowest BCUT2D eigenvalue weighted by Gasteiger charge is -2.49. The third-order valence-electron chi connectivity index (χ3n) is 7.25. The minimum absolute atomic E-state index is 0.474. The molecule has 2 N–H and O–H groups in total. The first-order valence-corrected chi connectivity index (χ1v) is 10.3. The molecule has 2 aliphatic carbocycles. The molecule has 25 heavy (non-hydrogen) atoms. The van der Waals surface area contributed by atoms with Gasteiger partial charge in [0.2, 0.25) is 0 Å². The Morgan fingerprint density at radius 3 is 2.44 bits per heavy atom. The predicted molar refractivity (Wildman–Crippen MR) is 104 cm³/mol. The van der Waals surface area contributed by atoms with Gasteiger partial charge in [0.1, 0.15) is 0 Å². The van der Waals surface area contributed by atoms with Crippen molar-refractivity contribution < 1.29 is 0 Å². The Balaban J connectivity index is 1.53. The molecule has 3 nitrogen and oxygen atoms in total. The summed E-state index contributed by atoms with van der Waals surface area (Å²) in [5, 5.41) is 11.2. The van der Waals surface area contributed by atoms with E-state index in [2.05, 4.69) is 47.6 Å². The highest BCUT2D eigenvalue weighted by molar-refractivity contribution is 5.30. The zero-order valence-electron chi connectivity index (χ0n) is 15.9. The number of allylic oxidation sites excluding steroid dienone is 4. The quantitative estimate of drug-likeness (QED) is 0.818. The summed E-state index contributed by atoms with van der Waals surface area (Å²) in [5.41, 5.74) is 6.25. The second kappa shape index (κ2) is 7.11. The van der Waals surface area contributed by atoms with Gasteiger partial charge in [-0.3, -0.25) is 5.10 Å². The van der Waals surface area contributed by atoms with Crippen molar-refractivity contribution in [3.8, 4) is 0 Å². The van der Waals surface area contributed by atoms with Crippen molar-refractivity contribution in [2.24, 2.45) is 11.3 Å². The highest BCUT2D eigenvalue weighted by Crippen LogP contribution is 2.53. The van der Waals surface area contributed by atoms with Crippen LogP contribution in [0.25, 0.3) is 0 Å². The van der Waals surface area contributed by atoms with Gasteiger partial charge in [-0.1, -0.05) is 23.8 Å². The van der Waals surface area contributed by atoms with E-state index in [-0.39, 0.29) is 0 Å². The maximum atomic E-state index is 4.44. The maximum Gasteiger partial charge on any atom is 0.0628 e. The highest BCUT2D eigenvalue weighted by atomic mass is 15.1. The van der Waals surface area contributed by atoms with Gasteiger partial charge in [-0.25, -0.2) is 0 Å². The van der Waals surface area contributed by atoms with Crippen molar-refractivity contribution in [2.45, 2.75) is 71.1 Å². The second-order valence-electron chi connectivity index (χ2n) is 8.46. The molecule has 0 spiro atoms. The Labute approximate surface area is 152 Å². The molecule has 0 bridgehead atoms. The van der Waals surface area contributed by atoms with Gasteiger partial charge in [-0.05, 0) is 101 Å². The van der Waals surface area contributed by atoms with Gasteiger partial charge < -0.3 is 5.32 Å². The van der Waals surface area contributed by atoms with Crippen LogP contribution in [0, 0.1) is 25.2 Å². The van der Waals surface area contributed by atoms with E-state index in [1.165, 1.54) is 81.4 Å². The Morgan fingerprint density at radius 1 is 1.08 bits per heavy atom. The highest BCUT2D eigenvalue weighted by Gasteiger charge is 2.44. The second-order valence-corrected chi connectivity index (χ2v) is 8.46. The number of piperidine rings is 1. The number of aromatic amines is 1. The first kappa shape index (κ1) is 17.1. The van der Waals surface area contributed by atoms with Crippen LogP contribution in [-0.2, 0) is 0 Å². The third-order valence-corrected chi connectivity index (χ3v) is 7.25. The van der Waals surface area contributed by atoms with E-state index in [9.17, 15) is 0 Å². The van der Waals surface area contributed by atoms with Crippen LogP contribution in [-0.4, -0.2) is 23.3 Å². The van der Waals surface area contributed by atoms with Crippen molar-refractivity contribution in [3.05, 3.63) is 40.8 Å². The Bertz CT molecular complexity index is 633. The molecule has 0 radical (unpaired) electrons. The van der Waals surface area contributed by atoms with E-state index in [1.807, 2.05) is 0 Å². The summed E-state index contributed by atoms with van der Waals surface area (Å²) in [7, 11) is 0. The molecule has 1 saturated carbocycles. The first-order chi connectivity index (χ1) is 12.2. The van der Waals surface area contributed by atoms with Gasteiger partial charge in [-0.2, -0.15) is 5.10 Å². The van der Waals surface area contributed by atoms with Crippen molar-refractivity contribution in [1.29, 1.82) is 0 Å². The van der Waals surface area contributed by atoms with E-state index in [0.29, 0.717) is 11.3 Å². The summed E-state index contributed by atoms with van der Waals surface area (Å²) in [6.45, 7) is 6.75. The summed E-state index contributed by atoms with van der Waals surface area (Å²) in [4.78, 5) is 0. The molecule has 2 heterocycles. The number of hydrogen-bond acceptors (Lipinski definition) is 2. The molecule has 1 aliphatic heterocycles. The van der Waals surface area contributed by atoms with Gasteiger partial charge in [0.15, 0.2) is 0 Å². The molecule has 4 rings (SSSR count). The molecule has 0 aromatic carbocycles. The molecule has 3 heteroatoms. The predicted octanol–water partition coefficient (Wildman–Crippen LogP) is 4.95. The van der Waals surface area contributed by atoms with Crippen LogP contribution in [0.3, 0.4) is 0 Å². The molecule has 1 aromatic heterocycles. The Hall–Kier alpha value is -1.35. The average molecular weight is 340 g/mol. The van der Waals surface area contributed by atoms with E-state index in [1.54, 1.807) is 5.57 Å². The summed E-state index contributed by atoms with van der Waals surface area (Å²) < 4.78 is 0. The average Bonchev–Trinajstić information content (AvgIpc) is 3.01. The SMILES string of the molecule is Cc1n[nH]c(C)c1C1CCC(C2(C3=CC=CCC3)CCNCC2)CC1. The fourth-order valence-corrected chi connectivity index (χ4v) is 5.98. The van der Waals surface area contributed by atoms with Crippen LogP contribution < -0.4 is 5.32 Å². The van der Waals surface area contributed by atoms with Crippen molar-refractivity contribution in [2.75, 3.05) is 13.1 Å². The molecule has 3 aliphatic rings. The van der Waals surface area contributed by atoms with Gasteiger partial charge in [0, 0.05) is 5.69 Å². The van der Waals surface area contributed by atoms with Crippen molar-refractivity contribution in [1.82, 2.24) is 15.5 Å². The van der Waals surface area contributed by atoms with Gasteiger partial charge in [0.05, 0.1) is 5.69 Å². The molecule has 1 aromatic rings. The fraction of sp³-hybridized carbons (Fsp3) is 0.682. The number of aromatic nitrogens is 2. The van der Waals surface area contributed by atoms with Crippen LogP contribution >= 0.6 is 0 Å². The fourth-order valence-electron chi connectivity index (χ4n) is 5.98. The summed E-state index contributed by atoms with van der Waals surface area (Å²) in [6, 6.07) is 0. The summed E-state index contributed by atoms with van der Waals surface area (Å²) >= 11 is 0. The van der Waals surface area contributed by atoms with Crippen LogP contribution in [0.1, 0.15) is 74.2 Å². The number of aryl methyl sites for hydroxylation is 2. The number of rotatable bonds is 3. The van der Waals surface area contributed by atoms with Crippen LogP contribution in [0.4, 0.5) is 0 Å². The standard InChI is InChI=1S/C22H33N3/c1-16-21(17(2)25-24-16)18-8-10-20(11-9-18)22(12-14-23-15-13-22)19-6-4-3-5-7-19/h3-4,6,18,20,23H,5,7-15H2,1-2H3,(H,24,25). The Morgan fingerprint density at radius 2 is 1.84 bits per heavy atom. The first-order valence-electron chi connectivity index (χ1n) is 10.3. The molecule has 1 saturated heterocycles. The van der Waals surface area contributed by atoms with Crippen LogP contribution in [0.5, 0.6) is 0 Å². The summed E-state index contributed by atoms with van der Waals surface area (Å²) in [5.74, 6) is 1.59. The van der Waals surface area contributed by atoms with Crippen LogP contribution in [0.2, 0.25) is 0 Å². The van der Waals surface area contributed by atoms with E-state index in [0.717, 1.165) is 5.92 Å². The molecular weight excluding hydrogens is 306 g/mol. The molecule has 0 atom stereocenters. The summed E-state index contributed by atoms with van der Waals surface area (Å²) in [6.07, 6.45) is 17.8. The third kappa shape index (κ3) is 3.12. The molecule has 0 unspecified atom stereocenters. The van der Waals surface area contributed by atoms with Crippen molar-refractivity contribution in [3.63, 3.8) is 0 Å². The zero-order valence-corrected chi connectivity index (χ0v) is 15.9. The lowest BCUT2D eigenvalue weighted by molar-refractivity contribution is 0.104. The molecular formula is C22H33N3. The molecule has 0 amide bonds. The monoisotopic (exact) mass is 339 g/mol. The Kier molecular flexibility index (Phi) is 4.86. The maximum absolute atomic E-state index is 4.44. The van der Waals surface area contributed by atoms with Crippen LogP contribution in [0.15, 0.2) is 23.8 Å². The smallest absolute Gasteiger partial charge is 0.0628 e. The normalized spacial score (nSPS) is 29.4. The minimum Gasteiger partial charge on any atom is -0.317 e. The van der Waals surface area contributed by atoms with Gasteiger partial charge >= 0.3 is 0 Å². The molecule has 2 fully saturated rings. The van der Waals surface area contributed by atoms with E-state index in [4.69, 9.17) is 0 Å². The van der Waals surface area contributed by atoms with Gasteiger partial charge in [0.25, 0.3) is 0 Å². The zero-order chi connectivity index (χ0) is 17.3. The molecule has 136 valence electrons. The van der Waals surface area contributed by atoms with Gasteiger partial charge in [-0.15, -0.1) is 0 Å². The lowest BCUT2D eigenvalue weighted by Crippen LogP contribution is -2.44. The van der Waals surface area contributed by atoms with Crippen molar-refractivity contribution >= 4 is 0 Å². The number of nitrogens with one attached hydrogen (secondary N) is 2. The number of hydrogen-bond donors (Lipinski definition) is 2. The topological polar surface area (TPSA) is 40.7 Å².